The summed E-state index contributed by atoms with van der Waals surface area (Å²) in [6.07, 6.45) is 1.60. The molecule has 2 heterocycles. The van der Waals surface area contributed by atoms with Gasteiger partial charge in [-0.1, -0.05) is 48.0 Å². The third-order valence-corrected chi connectivity index (χ3v) is 5.36. The van der Waals surface area contributed by atoms with Gasteiger partial charge in [-0.25, -0.2) is 4.98 Å². The summed E-state index contributed by atoms with van der Waals surface area (Å²) in [5.41, 5.74) is 8.11. The molecule has 140 valence electrons. The lowest BCUT2D eigenvalue weighted by atomic mass is 10.2. The molecule has 0 bridgehead atoms. The molecular formula is C20H15ClN4O2S. The van der Waals surface area contributed by atoms with Crippen LogP contribution >= 0.6 is 22.9 Å². The van der Waals surface area contributed by atoms with E-state index in [9.17, 15) is 9.59 Å². The average molecular weight is 411 g/mol. The van der Waals surface area contributed by atoms with Gasteiger partial charge in [0.25, 0.3) is 5.91 Å². The molecule has 8 heteroatoms. The summed E-state index contributed by atoms with van der Waals surface area (Å²) in [6.45, 7) is 0.0365. The molecular weight excluding hydrogens is 396 g/mol. The van der Waals surface area contributed by atoms with Gasteiger partial charge in [0.05, 0.1) is 11.3 Å². The molecule has 0 saturated carbocycles. The van der Waals surface area contributed by atoms with Gasteiger partial charge in [-0.3, -0.25) is 9.59 Å². The minimum atomic E-state index is -0.528. The number of aromatic nitrogens is 2. The number of nitrogens with two attached hydrogens (primary N) is 1. The maximum Gasteiger partial charge on any atom is 0.250 e. The number of amides is 2. The van der Waals surface area contributed by atoms with Crippen LogP contribution in [0.5, 0.6) is 0 Å². The third kappa shape index (κ3) is 3.49. The van der Waals surface area contributed by atoms with Crippen LogP contribution in [0.25, 0.3) is 22.2 Å². The topological polar surface area (TPSA) is 90.0 Å². The lowest BCUT2D eigenvalue weighted by Crippen LogP contribution is -2.18. The van der Waals surface area contributed by atoms with Gasteiger partial charge in [-0.2, -0.15) is 0 Å². The number of nitrogens with one attached hydrogen (secondary N) is 1. The van der Waals surface area contributed by atoms with E-state index in [1.165, 1.54) is 11.3 Å². The fourth-order valence-electron chi connectivity index (χ4n) is 3.01. The molecule has 0 aliphatic rings. The molecule has 2 amide bonds. The second-order valence-corrected chi connectivity index (χ2v) is 7.38. The number of primary amides is 1. The predicted octanol–water partition coefficient (Wildman–Crippen LogP) is 4.16. The highest BCUT2D eigenvalue weighted by Gasteiger charge is 2.15. The first-order valence-corrected chi connectivity index (χ1v) is 9.66. The number of halogens is 1. The molecule has 0 spiro atoms. The van der Waals surface area contributed by atoms with Crippen LogP contribution < -0.4 is 11.1 Å². The molecule has 0 fully saturated rings. The van der Waals surface area contributed by atoms with Crippen molar-refractivity contribution in [3.05, 3.63) is 70.7 Å². The third-order valence-electron chi connectivity index (χ3n) is 4.27. The van der Waals surface area contributed by atoms with Crippen LogP contribution in [0.1, 0.15) is 10.4 Å². The van der Waals surface area contributed by atoms with E-state index in [4.69, 9.17) is 17.3 Å². The maximum atomic E-state index is 12.5. The molecule has 0 saturated heterocycles. The summed E-state index contributed by atoms with van der Waals surface area (Å²) in [4.78, 5) is 28.6. The van der Waals surface area contributed by atoms with Crippen molar-refractivity contribution >= 4 is 50.8 Å². The van der Waals surface area contributed by atoms with Crippen molar-refractivity contribution < 1.29 is 9.59 Å². The Morgan fingerprint density at radius 3 is 2.68 bits per heavy atom. The van der Waals surface area contributed by atoms with E-state index in [1.807, 2.05) is 41.8 Å². The van der Waals surface area contributed by atoms with E-state index < -0.39 is 5.91 Å². The minimum Gasteiger partial charge on any atom is -0.366 e. The number of para-hydroxylation sites is 1. The Labute approximate surface area is 169 Å². The molecule has 2 aromatic heterocycles. The van der Waals surface area contributed by atoms with Gasteiger partial charge in [-0.05, 0) is 12.1 Å². The fraction of sp³-hybridized carbons (Fsp3) is 0.0500. The fourth-order valence-corrected chi connectivity index (χ4v) is 3.97. The molecule has 0 radical (unpaired) electrons. The summed E-state index contributed by atoms with van der Waals surface area (Å²) in [5, 5.41) is 6.43. The number of anilines is 1. The van der Waals surface area contributed by atoms with Crippen LogP contribution in [0.4, 0.5) is 5.13 Å². The Kier molecular flexibility index (Phi) is 4.85. The maximum absolute atomic E-state index is 12.5. The van der Waals surface area contributed by atoms with Crippen molar-refractivity contribution in [3.63, 3.8) is 0 Å². The van der Waals surface area contributed by atoms with E-state index in [2.05, 4.69) is 10.3 Å². The van der Waals surface area contributed by atoms with Crippen LogP contribution in [0.2, 0.25) is 5.02 Å². The molecule has 0 atom stereocenters. The van der Waals surface area contributed by atoms with Gasteiger partial charge >= 0.3 is 0 Å². The van der Waals surface area contributed by atoms with Crippen molar-refractivity contribution in [1.29, 1.82) is 0 Å². The van der Waals surface area contributed by atoms with Gasteiger partial charge in [-0.15, -0.1) is 11.3 Å². The van der Waals surface area contributed by atoms with Crippen molar-refractivity contribution in [2.75, 3.05) is 5.32 Å². The first kappa shape index (κ1) is 18.2. The molecule has 28 heavy (non-hydrogen) atoms. The summed E-state index contributed by atoms with van der Waals surface area (Å²) in [7, 11) is 0. The first-order chi connectivity index (χ1) is 13.5. The van der Waals surface area contributed by atoms with E-state index in [1.54, 1.807) is 22.9 Å². The molecule has 0 aliphatic heterocycles. The minimum absolute atomic E-state index is 0.0365. The number of carbonyl (C=O) groups excluding carboxylic acids is 2. The summed E-state index contributed by atoms with van der Waals surface area (Å²) >= 11 is 7.52. The normalized spacial score (nSPS) is 10.9. The number of carbonyl (C=O) groups is 2. The zero-order valence-corrected chi connectivity index (χ0v) is 16.1. The highest BCUT2D eigenvalue weighted by molar-refractivity contribution is 7.14. The Balaban J connectivity index is 1.54. The van der Waals surface area contributed by atoms with Crippen molar-refractivity contribution in [3.8, 4) is 11.3 Å². The monoisotopic (exact) mass is 410 g/mol. The molecule has 0 unspecified atom stereocenters. The molecule has 6 nitrogen and oxygen atoms in total. The van der Waals surface area contributed by atoms with Gasteiger partial charge in [0, 0.05) is 33.1 Å². The standard InChI is InChI=1S/C20H15ClN4O2S/c21-15-7-3-1-6-13(15)16-11-28-20(23-16)24-18(26)10-25-9-14(19(22)27)12-5-2-4-8-17(12)25/h1-9,11H,10H2,(H2,22,27)(H,23,24,26). The first-order valence-electron chi connectivity index (χ1n) is 8.41. The van der Waals surface area contributed by atoms with Gasteiger partial charge in [0.15, 0.2) is 5.13 Å². The van der Waals surface area contributed by atoms with E-state index in [0.29, 0.717) is 21.4 Å². The zero-order chi connectivity index (χ0) is 19.7. The Hall–Kier alpha value is -3.16. The van der Waals surface area contributed by atoms with E-state index in [-0.39, 0.29) is 12.5 Å². The quantitative estimate of drug-likeness (QED) is 0.517. The zero-order valence-electron chi connectivity index (χ0n) is 14.6. The average Bonchev–Trinajstić information content (AvgIpc) is 3.27. The Morgan fingerprint density at radius 1 is 1.14 bits per heavy atom. The van der Waals surface area contributed by atoms with E-state index >= 15 is 0 Å². The van der Waals surface area contributed by atoms with Gasteiger partial charge in [0.2, 0.25) is 5.91 Å². The number of thiazole rings is 1. The lowest BCUT2D eigenvalue weighted by molar-refractivity contribution is -0.116. The van der Waals surface area contributed by atoms with Crippen LogP contribution in [0, 0.1) is 0 Å². The number of fused-ring (bicyclic) bond motifs is 1. The van der Waals surface area contributed by atoms with Gasteiger partial charge in [0.1, 0.15) is 6.54 Å². The number of nitrogens with zero attached hydrogens (tertiary/aromatic N) is 2. The Morgan fingerprint density at radius 2 is 1.89 bits per heavy atom. The predicted molar refractivity (Wildman–Crippen MR) is 112 cm³/mol. The van der Waals surface area contributed by atoms with E-state index in [0.717, 1.165) is 16.5 Å². The number of hydrogen-bond donors (Lipinski definition) is 2. The largest absolute Gasteiger partial charge is 0.366 e. The second-order valence-electron chi connectivity index (χ2n) is 6.12. The van der Waals surface area contributed by atoms with Crippen LogP contribution in [0.15, 0.2) is 60.1 Å². The smallest absolute Gasteiger partial charge is 0.250 e. The number of benzene rings is 2. The summed E-state index contributed by atoms with van der Waals surface area (Å²) in [6, 6.07) is 14.7. The highest BCUT2D eigenvalue weighted by atomic mass is 35.5. The van der Waals surface area contributed by atoms with Crippen LogP contribution in [-0.4, -0.2) is 21.4 Å². The number of rotatable bonds is 5. The van der Waals surface area contributed by atoms with Crippen molar-refractivity contribution in [2.24, 2.45) is 5.73 Å². The second kappa shape index (κ2) is 7.46. The summed E-state index contributed by atoms with van der Waals surface area (Å²) in [5.74, 6) is -0.781. The highest BCUT2D eigenvalue weighted by Crippen LogP contribution is 2.30. The van der Waals surface area contributed by atoms with Crippen LogP contribution in [0.3, 0.4) is 0 Å². The molecule has 0 aliphatic carbocycles. The lowest BCUT2D eigenvalue weighted by Gasteiger charge is -2.05. The van der Waals surface area contributed by atoms with Crippen LogP contribution in [-0.2, 0) is 11.3 Å². The Bertz CT molecular complexity index is 1200. The molecule has 2 aromatic carbocycles. The van der Waals surface area contributed by atoms with Gasteiger partial charge < -0.3 is 15.6 Å². The SMILES string of the molecule is NC(=O)c1cn(CC(=O)Nc2nc(-c3ccccc3Cl)cs2)c2ccccc12. The van der Waals surface area contributed by atoms with Crippen molar-refractivity contribution in [2.45, 2.75) is 6.54 Å². The van der Waals surface area contributed by atoms with Crippen molar-refractivity contribution in [1.82, 2.24) is 9.55 Å². The number of hydrogen-bond acceptors (Lipinski definition) is 4. The summed E-state index contributed by atoms with van der Waals surface area (Å²) < 4.78 is 1.70. The molecule has 4 aromatic rings. The molecule has 4 rings (SSSR count). The molecule has 3 N–H and O–H groups in total.